The van der Waals surface area contributed by atoms with E-state index in [1.165, 1.54) is 23.6 Å². The summed E-state index contributed by atoms with van der Waals surface area (Å²) in [4.78, 5) is 4.55. The SMILES string of the molecule is N#CC(=CNc1ccc(F)c(F)c1)c1nc(-c2ccc(-c3ccccc3)cc2)cs1. The molecule has 0 fully saturated rings. The van der Waals surface area contributed by atoms with E-state index in [1.807, 2.05) is 47.8 Å². The Bertz CT molecular complexity index is 1240. The van der Waals surface area contributed by atoms with Crippen LogP contribution in [0, 0.1) is 23.0 Å². The van der Waals surface area contributed by atoms with Crippen LogP contribution < -0.4 is 5.32 Å². The molecule has 1 heterocycles. The van der Waals surface area contributed by atoms with Crippen LogP contribution in [0.3, 0.4) is 0 Å². The number of allylic oxidation sites excluding steroid dienone is 1. The van der Waals surface area contributed by atoms with Crippen LogP contribution in [-0.4, -0.2) is 4.98 Å². The first-order valence-corrected chi connectivity index (χ1v) is 9.95. The predicted molar refractivity (Wildman–Crippen MR) is 117 cm³/mol. The third kappa shape index (κ3) is 4.27. The molecule has 0 aliphatic rings. The number of rotatable bonds is 5. The lowest BCUT2D eigenvalue weighted by Crippen LogP contribution is -1.93. The van der Waals surface area contributed by atoms with Gasteiger partial charge in [0.05, 0.1) is 5.69 Å². The van der Waals surface area contributed by atoms with Gasteiger partial charge in [0, 0.05) is 28.9 Å². The number of anilines is 1. The summed E-state index contributed by atoms with van der Waals surface area (Å²) >= 11 is 1.34. The van der Waals surface area contributed by atoms with Crippen LogP contribution in [0.15, 0.2) is 84.4 Å². The first kappa shape index (κ1) is 19.5. The summed E-state index contributed by atoms with van der Waals surface area (Å²) in [6.45, 7) is 0. The van der Waals surface area contributed by atoms with Crippen molar-refractivity contribution in [1.82, 2.24) is 4.98 Å². The summed E-state index contributed by atoms with van der Waals surface area (Å²) in [5, 5.41) is 14.7. The average molecular weight is 415 g/mol. The van der Waals surface area contributed by atoms with Gasteiger partial charge in [-0.3, -0.25) is 0 Å². The second-order valence-corrected chi connectivity index (χ2v) is 7.28. The molecule has 0 saturated carbocycles. The van der Waals surface area contributed by atoms with E-state index in [0.29, 0.717) is 16.3 Å². The molecule has 3 nitrogen and oxygen atoms in total. The molecule has 4 aromatic rings. The first-order chi connectivity index (χ1) is 14.6. The number of aromatic nitrogens is 1. The first-order valence-electron chi connectivity index (χ1n) is 9.07. The number of nitrogens with one attached hydrogen (secondary N) is 1. The van der Waals surface area contributed by atoms with Crippen molar-refractivity contribution in [2.24, 2.45) is 0 Å². The highest BCUT2D eigenvalue weighted by Gasteiger charge is 2.10. The van der Waals surface area contributed by atoms with E-state index < -0.39 is 11.6 Å². The predicted octanol–water partition coefficient (Wildman–Crippen LogP) is 6.73. The quantitative estimate of drug-likeness (QED) is 0.368. The summed E-state index contributed by atoms with van der Waals surface area (Å²) in [5.74, 6) is -1.88. The molecule has 4 rings (SSSR count). The van der Waals surface area contributed by atoms with E-state index in [0.717, 1.165) is 34.5 Å². The van der Waals surface area contributed by atoms with Crippen LogP contribution in [0.1, 0.15) is 5.01 Å². The Morgan fingerprint density at radius 3 is 2.30 bits per heavy atom. The van der Waals surface area contributed by atoms with E-state index in [-0.39, 0.29) is 0 Å². The van der Waals surface area contributed by atoms with Gasteiger partial charge < -0.3 is 5.32 Å². The second kappa shape index (κ2) is 8.68. The van der Waals surface area contributed by atoms with Gasteiger partial charge in [0.1, 0.15) is 16.6 Å². The lowest BCUT2D eigenvalue weighted by molar-refractivity contribution is 0.509. The van der Waals surface area contributed by atoms with Crippen LogP contribution >= 0.6 is 11.3 Å². The van der Waals surface area contributed by atoms with Gasteiger partial charge in [-0.2, -0.15) is 5.26 Å². The Morgan fingerprint density at radius 1 is 0.900 bits per heavy atom. The number of halogens is 2. The second-order valence-electron chi connectivity index (χ2n) is 6.42. The van der Waals surface area contributed by atoms with E-state index in [1.54, 1.807) is 0 Å². The standard InChI is InChI=1S/C24H15F2N3S/c25-21-11-10-20(12-22(21)26)28-14-19(13-27)24-29-23(15-30-24)18-8-6-17(7-9-18)16-4-2-1-3-5-16/h1-12,14-15,28H. The Morgan fingerprint density at radius 2 is 1.60 bits per heavy atom. The highest BCUT2D eigenvalue weighted by Crippen LogP contribution is 2.28. The number of hydrogen-bond acceptors (Lipinski definition) is 4. The van der Waals surface area contributed by atoms with E-state index in [2.05, 4.69) is 28.5 Å². The maximum absolute atomic E-state index is 13.3. The van der Waals surface area contributed by atoms with Gasteiger partial charge in [-0.05, 0) is 23.3 Å². The summed E-state index contributed by atoms with van der Waals surface area (Å²) in [7, 11) is 0. The van der Waals surface area contributed by atoms with Crippen LogP contribution in [-0.2, 0) is 0 Å². The highest BCUT2D eigenvalue weighted by molar-refractivity contribution is 7.11. The number of benzene rings is 3. The minimum absolute atomic E-state index is 0.303. The number of nitriles is 1. The Labute approximate surface area is 176 Å². The smallest absolute Gasteiger partial charge is 0.160 e. The van der Waals surface area contributed by atoms with Crippen molar-refractivity contribution >= 4 is 22.6 Å². The minimum Gasteiger partial charge on any atom is -0.360 e. The fourth-order valence-electron chi connectivity index (χ4n) is 2.88. The summed E-state index contributed by atoms with van der Waals surface area (Å²) < 4.78 is 26.4. The van der Waals surface area contributed by atoms with Gasteiger partial charge in [-0.15, -0.1) is 11.3 Å². The summed E-state index contributed by atoms with van der Waals surface area (Å²) in [6, 6.07) is 23.7. The van der Waals surface area contributed by atoms with Crippen molar-refractivity contribution in [3.8, 4) is 28.5 Å². The largest absolute Gasteiger partial charge is 0.360 e. The van der Waals surface area contributed by atoms with Crippen LogP contribution in [0.5, 0.6) is 0 Å². The normalized spacial score (nSPS) is 11.2. The molecular formula is C24H15F2N3S. The third-order valence-electron chi connectivity index (χ3n) is 4.45. The Balaban J connectivity index is 1.53. The molecule has 0 bridgehead atoms. The van der Waals surface area contributed by atoms with Gasteiger partial charge in [0.25, 0.3) is 0 Å². The van der Waals surface area contributed by atoms with Gasteiger partial charge in [-0.25, -0.2) is 13.8 Å². The van der Waals surface area contributed by atoms with E-state index in [9.17, 15) is 14.0 Å². The van der Waals surface area contributed by atoms with E-state index >= 15 is 0 Å². The molecule has 3 aromatic carbocycles. The average Bonchev–Trinajstić information content (AvgIpc) is 3.27. The fourth-order valence-corrected chi connectivity index (χ4v) is 3.67. The molecule has 0 aliphatic carbocycles. The van der Waals surface area contributed by atoms with Gasteiger partial charge in [-0.1, -0.05) is 54.6 Å². The molecule has 146 valence electrons. The maximum Gasteiger partial charge on any atom is 0.160 e. The zero-order chi connectivity index (χ0) is 20.9. The van der Waals surface area contributed by atoms with Crippen molar-refractivity contribution in [3.63, 3.8) is 0 Å². The summed E-state index contributed by atoms with van der Waals surface area (Å²) in [5.41, 5.74) is 4.61. The molecule has 0 radical (unpaired) electrons. The topological polar surface area (TPSA) is 48.7 Å². The molecule has 1 aromatic heterocycles. The molecule has 0 aliphatic heterocycles. The van der Waals surface area contributed by atoms with Crippen LogP contribution in [0.2, 0.25) is 0 Å². The molecule has 0 unspecified atom stereocenters. The zero-order valence-corrected chi connectivity index (χ0v) is 16.5. The van der Waals surface area contributed by atoms with Crippen molar-refractivity contribution in [2.45, 2.75) is 0 Å². The van der Waals surface area contributed by atoms with Crippen molar-refractivity contribution in [1.29, 1.82) is 5.26 Å². The monoisotopic (exact) mass is 415 g/mol. The van der Waals surface area contributed by atoms with Gasteiger partial charge >= 0.3 is 0 Å². The molecule has 0 amide bonds. The van der Waals surface area contributed by atoms with Crippen molar-refractivity contribution < 1.29 is 8.78 Å². The molecule has 6 heteroatoms. The Kier molecular flexibility index (Phi) is 5.64. The minimum atomic E-state index is -0.956. The molecule has 1 N–H and O–H groups in total. The zero-order valence-electron chi connectivity index (χ0n) is 15.6. The van der Waals surface area contributed by atoms with Crippen LogP contribution in [0.4, 0.5) is 14.5 Å². The van der Waals surface area contributed by atoms with Gasteiger partial charge in [0.15, 0.2) is 11.6 Å². The molecule has 0 atom stereocenters. The summed E-state index contributed by atoms with van der Waals surface area (Å²) in [6.07, 6.45) is 1.44. The van der Waals surface area contributed by atoms with Crippen LogP contribution in [0.25, 0.3) is 28.0 Å². The molecule has 0 spiro atoms. The number of thiazole rings is 1. The maximum atomic E-state index is 13.3. The third-order valence-corrected chi connectivity index (χ3v) is 5.32. The highest BCUT2D eigenvalue weighted by atomic mass is 32.1. The molecular weight excluding hydrogens is 400 g/mol. The number of nitrogens with zero attached hydrogens (tertiary/aromatic N) is 2. The lowest BCUT2D eigenvalue weighted by atomic mass is 10.0. The Hall–Kier alpha value is -3.82. The van der Waals surface area contributed by atoms with Gasteiger partial charge in [0.2, 0.25) is 0 Å². The van der Waals surface area contributed by atoms with Crippen molar-refractivity contribution in [2.75, 3.05) is 5.32 Å². The fraction of sp³-hybridized carbons (Fsp3) is 0. The molecule has 30 heavy (non-hydrogen) atoms. The van der Waals surface area contributed by atoms with E-state index in [4.69, 9.17) is 0 Å². The lowest BCUT2D eigenvalue weighted by Gasteiger charge is -2.03. The number of hydrogen-bond donors (Lipinski definition) is 1. The molecule has 0 saturated heterocycles. The van der Waals surface area contributed by atoms with Crippen molar-refractivity contribution in [3.05, 3.63) is 101 Å².